The highest BCUT2D eigenvalue weighted by molar-refractivity contribution is 6.07. The highest BCUT2D eigenvalue weighted by Gasteiger charge is 2.55. The second-order valence-corrected chi connectivity index (χ2v) is 6.97. The van der Waals surface area contributed by atoms with Crippen molar-refractivity contribution in [3.63, 3.8) is 0 Å². The Balaban J connectivity index is 1.53. The molecule has 2 fully saturated rings. The van der Waals surface area contributed by atoms with Crippen molar-refractivity contribution in [2.45, 2.75) is 38.8 Å². The number of carbonyl (C=O) groups excluding carboxylic acids is 2. The molecule has 3 amide bonds. The number of nitrogens with zero attached hydrogens (tertiary/aromatic N) is 2. The average molecular weight is 331 g/mol. The third kappa shape index (κ3) is 3.11. The number of hydrogen-bond donors (Lipinski definition) is 1. The van der Waals surface area contributed by atoms with Gasteiger partial charge in [0.1, 0.15) is 17.9 Å². The Kier molecular flexibility index (Phi) is 4.49. The maximum atomic E-state index is 12.6. The van der Waals surface area contributed by atoms with Gasteiger partial charge >= 0.3 is 6.03 Å². The quantitative estimate of drug-likeness (QED) is 0.836. The molecule has 0 aliphatic carbocycles. The highest BCUT2D eigenvalue weighted by atomic mass is 16.5. The molecule has 2 aliphatic rings. The minimum atomic E-state index is -0.745. The monoisotopic (exact) mass is 331 g/mol. The number of nitrogens with one attached hydrogen (secondary N) is 1. The van der Waals surface area contributed by atoms with Gasteiger partial charge in [0, 0.05) is 25.7 Å². The minimum Gasteiger partial charge on any atom is -0.492 e. The van der Waals surface area contributed by atoms with Gasteiger partial charge in [0.2, 0.25) is 0 Å². The van der Waals surface area contributed by atoms with E-state index in [2.05, 4.69) is 10.2 Å². The predicted molar refractivity (Wildman–Crippen MR) is 91.0 cm³/mol. The van der Waals surface area contributed by atoms with Crippen LogP contribution in [0.25, 0.3) is 0 Å². The number of likely N-dealkylation sites (tertiary alicyclic amines) is 1. The Morgan fingerprint density at radius 1 is 1.25 bits per heavy atom. The van der Waals surface area contributed by atoms with Crippen LogP contribution in [0.2, 0.25) is 0 Å². The van der Waals surface area contributed by atoms with Gasteiger partial charge in [-0.2, -0.15) is 0 Å². The number of benzene rings is 1. The molecule has 0 radical (unpaired) electrons. The molecule has 1 unspecified atom stereocenters. The van der Waals surface area contributed by atoms with Crippen LogP contribution in [0, 0.1) is 6.92 Å². The molecular formula is C18H25N3O3. The van der Waals surface area contributed by atoms with Gasteiger partial charge in [-0.3, -0.25) is 14.6 Å². The topological polar surface area (TPSA) is 61.9 Å². The van der Waals surface area contributed by atoms with E-state index in [4.69, 9.17) is 4.74 Å². The van der Waals surface area contributed by atoms with Crippen LogP contribution >= 0.6 is 0 Å². The zero-order valence-electron chi connectivity index (χ0n) is 14.5. The molecular weight excluding hydrogens is 306 g/mol. The van der Waals surface area contributed by atoms with E-state index in [9.17, 15) is 9.59 Å². The average Bonchev–Trinajstić information content (AvgIpc) is 3.03. The number of imide groups is 1. The van der Waals surface area contributed by atoms with E-state index in [1.807, 2.05) is 45.0 Å². The number of aryl methyl sites for hydroxylation is 1. The van der Waals surface area contributed by atoms with E-state index in [1.165, 1.54) is 10.5 Å². The lowest BCUT2D eigenvalue weighted by molar-refractivity contribution is -0.132. The smallest absolute Gasteiger partial charge is 0.325 e. The van der Waals surface area contributed by atoms with Crippen molar-refractivity contribution in [1.29, 1.82) is 0 Å². The van der Waals surface area contributed by atoms with E-state index < -0.39 is 5.54 Å². The number of ether oxygens (including phenoxy) is 1. The van der Waals surface area contributed by atoms with Crippen molar-refractivity contribution in [1.82, 2.24) is 15.1 Å². The Labute approximate surface area is 142 Å². The fourth-order valence-corrected chi connectivity index (χ4v) is 3.39. The second-order valence-electron chi connectivity index (χ2n) is 6.97. The molecule has 2 heterocycles. The minimum absolute atomic E-state index is 0.0931. The van der Waals surface area contributed by atoms with Crippen molar-refractivity contribution in [3.05, 3.63) is 29.8 Å². The van der Waals surface area contributed by atoms with Crippen molar-refractivity contribution >= 4 is 11.9 Å². The van der Waals surface area contributed by atoms with E-state index >= 15 is 0 Å². The molecule has 0 saturated carbocycles. The molecule has 1 spiro atoms. The van der Waals surface area contributed by atoms with E-state index in [0.29, 0.717) is 19.6 Å². The number of carbonyl (C=O) groups is 2. The molecule has 2 saturated heterocycles. The Hall–Kier alpha value is -2.08. The second kappa shape index (κ2) is 6.43. The van der Waals surface area contributed by atoms with Crippen molar-refractivity contribution in [2.24, 2.45) is 0 Å². The normalized spacial score (nSPS) is 24.2. The zero-order chi connectivity index (χ0) is 17.3. The van der Waals surface area contributed by atoms with Gasteiger partial charge in [-0.15, -0.1) is 0 Å². The fourth-order valence-electron chi connectivity index (χ4n) is 3.39. The van der Waals surface area contributed by atoms with Crippen LogP contribution in [0.15, 0.2) is 24.3 Å². The lowest BCUT2D eigenvalue weighted by atomic mass is 9.99. The highest BCUT2D eigenvalue weighted by Crippen LogP contribution is 2.29. The molecule has 130 valence electrons. The summed E-state index contributed by atoms with van der Waals surface area (Å²) >= 11 is 0. The van der Waals surface area contributed by atoms with Crippen LogP contribution in [-0.2, 0) is 4.79 Å². The van der Waals surface area contributed by atoms with Gasteiger partial charge in [-0.25, -0.2) is 4.79 Å². The van der Waals surface area contributed by atoms with Gasteiger partial charge in [0.25, 0.3) is 5.91 Å². The maximum absolute atomic E-state index is 12.6. The summed E-state index contributed by atoms with van der Waals surface area (Å²) in [5.74, 6) is 0.759. The summed E-state index contributed by atoms with van der Waals surface area (Å²) in [6.45, 7) is 8.40. The van der Waals surface area contributed by atoms with Crippen molar-refractivity contribution in [3.8, 4) is 5.75 Å². The van der Waals surface area contributed by atoms with Crippen molar-refractivity contribution in [2.75, 3.05) is 26.2 Å². The SMILES string of the molecule is Cc1ccc(OCCN2CCC3(C2)NC(=O)N(C(C)C)C3=O)cc1. The molecule has 0 bridgehead atoms. The summed E-state index contributed by atoms with van der Waals surface area (Å²) in [5.41, 5.74) is 0.458. The van der Waals surface area contributed by atoms with Crippen LogP contribution in [0.1, 0.15) is 25.8 Å². The first-order valence-electron chi connectivity index (χ1n) is 8.49. The summed E-state index contributed by atoms with van der Waals surface area (Å²) in [6.07, 6.45) is 0.658. The Bertz CT molecular complexity index is 629. The molecule has 3 rings (SSSR count). The number of hydrogen-bond acceptors (Lipinski definition) is 4. The third-order valence-electron chi connectivity index (χ3n) is 4.76. The van der Waals surface area contributed by atoms with Crippen LogP contribution in [0.3, 0.4) is 0 Å². The van der Waals surface area contributed by atoms with Gasteiger partial charge in [-0.1, -0.05) is 17.7 Å². The molecule has 0 aromatic heterocycles. The summed E-state index contributed by atoms with van der Waals surface area (Å²) in [6, 6.07) is 7.58. The number of amides is 3. The van der Waals surface area contributed by atoms with Crippen LogP contribution < -0.4 is 10.1 Å². The Morgan fingerprint density at radius 3 is 2.58 bits per heavy atom. The van der Waals surface area contributed by atoms with Gasteiger partial charge in [0.05, 0.1) is 0 Å². The van der Waals surface area contributed by atoms with Crippen LogP contribution in [0.4, 0.5) is 4.79 Å². The number of rotatable bonds is 5. The van der Waals surface area contributed by atoms with Crippen LogP contribution in [-0.4, -0.2) is 59.6 Å². The Morgan fingerprint density at radius 2 is 1.96 bits per heavy atom. The molecule has 6 nitrogen and oxygen atoms in total. The summed E-state index contributed by atoms with van der Waals surface area (Å²) in [5, 5.41) is 2.91. The first-order chi connectivity index (χ1) is 11.4. The standard InChI is InChI=1S/C18H25N3O3/c1-13(2)21-16(22)18(19-17(21)23)8-9-20(12-18)10-11-24-15-6-4-14(3)5-7-15/h4-7,13H,8-12H2,1-3H3,(H,19,23). The summed E-state index contributed by atoms with van der Waals surface area (Å²) < 4.78 is 5.76. The third-order valence-corrected chi connectivity index (χ3v) is 4.76. The molecule has 1 N–H and O–H groups in total. The lowest BCUT2D eigenvalue weighted by Crippen LogP contribution is -2.49. The fraction of sp³-hybridized carbons (Fsp3) is 0.556. The summed E-state index contributed by atoms with van der Waals surface area (Å²) in [7, 11) is 0. The largest absolute Gasteiger partial charge is 0.492 e. The van der Waals surface area contributed by atoms with Gasteiger partial charge in [-0.05, 0) is 39.3 Å². The molecule has 24 heavy (non-hydrogen) atoms. The van der Waals surface area contributed by atoms with E-state index in [0.717, 1.165) is 18.8 Å². The maximum Gasteiger partial charge on any atom is 0.325 e. The molecule has 1 aromatic rings. The zero-order valence-corrected chi connectivity index (χ0v) is 14.5. The van der Waals surface area contributed by atoms with Crippen molar-refractivity contribution < 1.29 is 14.3 Å². The van der Waals surface area contributed by atoms with Gasteiger partial charge < -0.3 is 10.1 Å². The summed E-state index contributed by atoms with van der Waals surface area (Å²) in [4.78, 5) is 28.2. The molecule has 6 heteroatoms. The van der Waals surface area contributed by atoms with E-state index in [1.54, 1.807) is 0 Å². The number of urea groups is 1. The van der Waals surface area contributed by atoms with Gasteiger partial charge in [0.15, 0.2) is 0 Å². The first kappa shape index (κ1) is 16.8. The van der Waals surface area contributed by atoms with E-state index in [-0.39, 0.29) is 18.0 Å². The van der Waals surface area contributed by atoms with Crippen LogP contribution in [0.5, 0.6) is 5.75 Å². The lowest BCUT2D eigenvalue weighted by Gasteiger charge is -2.23. The molecule has 1 aromatic carbocycles. The predicted octanol–water partition coefficient (Wildman–Crippen LogP) is 1.78. The first-order valence-corrected chi connectivity index (χ1v) is 8.49. The molecule has 2 aliphatic heterocycles. The molecule has 1 atom stereocenters.